The quantitative estimate of drug-likeness (QED) is 0.808. The molecule has 2 rings (SSSR count). The van der Waals surface area contributed by atoms with Crippen LogP contribution in [0.3, 0.4) is 0 Å². The van der Waals surface area contributed by atoms with Crippen molar-refractivity contribution in [2.75, 3.05) is 19.6 Å². The van der Waals surface area contributed by atoms with Gasteiger partial charge in [-0.2, -0.15) is 0 Å². The van der Waals surface area contributed by atoms with Gasteiger partial charge in [-0.05, 0) is 44.1 Å². The van der Waals surface area contributed by atoms with Crippen LogP contribution in [0.5, 0.6) is 0 Å². The molecule has 3 unspecified atom stereocenters. The molecule has 1 heterocycles. The van der Waals surface area contributed by atoms with E-state index < -0.39 is 0 Å². The number of hydrogen-bond acceptors (Lipinski definition) is 2. The van der Waals surface area contributed by atoms with E-state index in [1.165, 1.54) is 58.2 Å². The molecule has 1 aliphatic heterocycles. The van der Waals surface area contributed by atoms with Crippen LogP contribution in [0.15, 0.2) is 0 Å². The first-order valence-corrected chi connectivity index (χ1v) is 8.12. The largest absolute Gasteiger partial charge is 0.313 e. The highest BCUT2D eigenvalue weighted by molar-refractivity contribution is 4.84. The van der Waals surface area contributed by atoms with Crippen molar-refractivity contribution in [3.8, 4) is 0 Å². The van der Waals surface area contributed by atoms with Gasteiger partial charge in [-0.1, -0.05) is 33.6 Å². The molecule has 0 bridgehead atoms. The normalized spacial score (nSPS) is 33.5. The standard InChI is InChI=1S/C16H32N2/c1-13(2)11-18(12-15-7-5-9-17-15)16-8-4-6-14(3)10-16/h13-17H,4-12H2,1-3H3. The summed E-state index contributed by atoms with van der Waals surface area (Å²) in [5.74, 6) is 1.73. The molecular formula is C16H32N2. The van der Waals surface area contributed by atoms with E-state index in [-0.39, 0.29) is 0 Å². The Kier molecular flexibility index (Phi) is 5.50. The lowest BCUT2D eigenvalue weighted by atomic mass is 9.85. The average molecular weight is 252 g/mol. The van der Waals surface area contributed by atoms with E-state index in [9.17, 15) is 0 Å². The van der Waals surface area contributed by atoms with Crippen molar-refractivity contribution in [1.29, 1.82) is 0 Å². The number of hydrogen-bond donors (Lipinski definition) is 1. The predicted octanol–water partition coefficient (Wildman–Crippen LogP) is 3.28. The third-order valence-corrected chi connectivity index (χ3v) is 4.64. The maximum Gasteiger partial charge on any atom is 0.0195 e. The zero-order valence-corrected chi connectivity index (χ0v) is 12.6. The van der Waals surface area contributed by atoms with Gasteiger partial charge in [0.05, 0.1) is 0 Å². The van der Waals surface area contributed by atoms with Crippen LogP contribution in [0.2, 0.25) is 0 Å². The second-order valence-electron chi connectivity index (χ2n) is 7.07. The Hall–Kier alpha value is -0.0800. The second kappa shape index (κ2) is 6.91. The zero-order chi connectivity index (χ0) is 13.0. The van der Waals surface area contributed by atoms with Crippen LogP contribution in [-0.4, -0.2) is 36.6 Å². The first-order chi connectivity index (χ1) is 8.65. The minimum Gasteiger partial charge on any atom is -0.313 e. The zero-order valence-electron chi connectivity index (χ0n) is 12.6. The average Bonchev–Trinajstić information content (AvgIpc) is 2.80. The highest BCUT2D eigenvalue weighted by Gasteiger charge is 2.27. The minimum atomic E-state index is 0.765. The number of nitrogens with one attached hydrogen (secondary N) is 1. The Morgan fingerprint density at radius 2 is 2.00 bits per heavy atom. The Balaban J connectivity index is 1.89. The van der Waals surface area contributed by atoms with Crippen molar-refractivity contribution >= 4 is 0 Å². The predicted molar refractivity (Wildman–Crippen MR) is 78.9 cm³/mol. The molecule has 0 amide bonds. The van der Waals surface area contributed by atoms with E-state index in [2.05, 4.69) is 31.0 Å². The lowest BCUT2D eigenvalue weighted by molar-refractivity contribution is 0.111. The van der Waals surface area contributed by atoms with Crippen molar-refractivity contribution in [1.82, 2.24) is 10.2 Å². The molecule has 1 saturated carbocycles. The first kappa shape index (κ1) is 14.3. The fourth-order valence-electron chi connectivity index (χ4n) is 3.77. The highest BCUT2D eigenvalue weighted by atomic mass is 15.2. The maximum absolute atomic E-state index is 3.67. The molecular weight excluding hydrogens is 220 g/mol. The summed E-state index contributed by atoms with van der Waals surface area (Å²) in [5.41, 5.74) is 0. The van der Waals surface area contributed by atoms with Gasteiger partial charge in [0.1, 0.15) is 0 Å². The Morgan fingerprint density at radius 1 is 1.17 bits per heavy atom. The van der Waals surface area contributed by atoms with Crippen molar-refractivity contribution < 1.29 is 0 Å². The van der Waals surface area contributed by atoms with Crippen LogP contribution < -0.4 is 5.32 Å². The van der Waals surface area contributed by atoms with E-state index in [0.29, 0.717) is 0 Å². The molecule has 2 aliphatic rings. The van der Waals surface area contributed by atoms with Crippen LogP contribution in [0.4, 0.5) is 0 Å². The molecule has 2 nitrogen and oxygen atoms in total. The monoisotopic (exact) mass is 252 g/mol. The lowest BCUT2D eigenvalue weighted by Crippen LogP contribution is -2.46. The minimum absolute atomic E-state index is 0.765. The molecule has 3 atom stereocenters. The van der Waals surface area contributed by atoms with Crippen molar-refractivity contribution in [3.05, 3.63) is 0 Å². The van der Waals surface area contributed by atoms with Gasteiger partial charge in [0.25, 0.3) is 0 Å². The molecule has 2 fully saturated rings. The fourth-order valence-corrected chi connectivity index (χ4v) is 3.77. The molecule has 0 radical (unpaired) electrons. The number of nitrogens with zero attached hydrogens (tertiary/aromatic N) is 1. The Morgan fingerprint density at radius 3 is 2.61 bits per heavy atom. The van der Waals surface area contributed by atoms with Crippen molar-refractivity contribution in [2.24, 2.45) is 11.8 Å². The summed E-state index contributed by atoms with van der Waals surface area (Å²) in [6.45, 7) is 11.0. The molecule has 2 heteroatoms. The molecule has 0 aromatic carbocycles. The fraction of sp³-hybridized carbons (Fsp3) is 1.00. The van der Waals surface area contributed by atoms with E-state index in [4.69, 9.17) is 0 Å². The van der Waals surface area contributed by atoms with E-state index in [0.717, 1.165) is 23.9 Å². The number of rotatable bonds is 5. The van der Waals surface area contributed by atoms with Crippen LogP contribution in [0, 0.1) is 11.8 Å². The van der Waals surface area contributed by atoms with Gasteiger partial charge in [-0.25, -0.2) is 0 Å². The van der Waals surface area contributed by atoms with E-state index in [1.807, 2.05) is 0 Å². The van der Waals surface area contributed by atoms with Gasteiger partial charge in [0, 0.05) is 25.2 Å². The smallest absolute Gasteiger partial charge is 0.0195 e. The van der Waals surface area contributed by atoms with E-state index in [1.54, 1.807) is 0 Å². The molecule has 106 valence electrons. The first-order valence-electron chi connectivity index (χ1n) is 8.12. The molecule has 0 spiro atoms. The van der Waals surface area contributed by atoms with Gasteiger partial charge < -0.3 is 5.32 Å². The van der Waals surface area contributed by atoms with Crippen LogP contribution in [-0.2, 0) is 0 Å². The maximum atomic E-state index is 3.67. The molecule has 18 heavy (non-hydrogen) atoms. The third kappa shape index (κ3) is 4.24. The summed E-state index contributed by atoms with van der Waals surface area (Å²) < 4.78 is 0. The van der Waals surface area contributed by atoms with Crippen LogP contribution >= 0.6 is 0 Å². The van der Waals surface area contributed by atoms with Gasteiger partial charge in [0.2, 0.25) is 0 Å². The van der Waals surface area contributed by atoms with Gasteiger partial charge >= 0.3 is 0 Å². The second-order valence-corrected chi connectivity index (χ2v) is 7.07. The highest BCUT2D eigenvalue weighted by Crippen LogP contribution is 2.28. The van der Waals surface area contributed by atoms with Gasteiger partial charge in [0.15, 0.2) is 0 Å². The molecule has 1 N–H and O–H groups in total. The summed E-state index contributed by atoms with van der Waals surface area (Å²) in [7, 11) is 0. The van der Waals surface area contributed by atoms with Gasteiger partial charge in [-0.15, -0.1) is 0 Å². The van der Waals surface area contributed by atoms with Crippen LogP contribution in [0.1, 0.15) is 59.3 Å². The molecule has 1 saturated heterocycles. The Bertz CT molecular complexity index is 233. The van der Waals surface area contributed by atoms with E-state index >= 15 is 0 Å². The summed E-state index contributed by atoms with van der Waals surface area (Å²) >= 11 is 0. The summed E-state index contributed by atoms with van der Waals surface area (Å²) in [5, 5.41) is 3.67. The van der Waals surface area contributed by atoms with Gasteiger partial charge in [-0.3, -0.25) is 4.90 Å². The third-order valence-electron chi connectivity index (χ3n) is 4.64. The summed E-state index contributed by atoms with van der Waals surface area (Å²) in [6, 6.07) is 1.62. The summed E-state index contributed by atoms with van der Waals surface area (Å²) in [6.07, 6.45) is 8.52. The molecule has 1 aliphatic carbocycles. The molecule has 0 aromatic heterocycles. The topological polar surface area (TPSA) is 15.3 Å². The van der Waals surface area contributed by atoms with Crippen molar-refractivity contribution in [2.45, 2.75) is 71.4 Å². The SMILES string of the molecule is CC(C)CN(CC1CCCN1)C1CCCC(C)C1. The Labute approximate surface area is 114 Å². The summed E-state index contributed by atoms with van der Waals surface area (Å²) in [4.78, 5) is 2.81. The van der Waals surface area contributed by atoms with Crippen molar-refractivity contribution in [3.63, 3.8) is 0 Å². The molecule has 0 aromatic rings. The van der Waals surface area contributed by atoms with Crippen LogP contribution in [0.25, 0.3) is 0 Å². The lowest BCUT2D eigenvalue weighted by Gasteiger charge is -2.39.